The normalized spacial score (nSPS) is 17.3. The number of nitrogens with one attached hydrogen (secondary N) is 1. The minimum absolute atomic E-state index is 0.0433. The minimum Gasteiger partial charge on any atom is -0.340 e. The fourth-order valence-corrected chi connectivity index (χ4v) is 4.68. The minimum atomic E-state index is -0.447. The van der Waals surface area contributed by atoms with E-state index in [4.69, 9.17) is 0 Å². The quantitative estimate of drug-likeness (QED) is 0.722. The fourth-order valence-electron chi connectivity index (χ4n) is 3.58. The van der Waals surface area contributed by atoms with Crippen molar-refractivity contribution in [3.05, 3.63) is 38.8 Å². The molecule has 9 nitrogen and oxygen atoms in total. The van der Waals surface area contributed by atoms with E-state index in [1.54, 1.807) is 17.3 Å². The molecule has 0 radical (unpaired) electrons. The number of hydrogen-bond acceptors (Lipinski definition) is 6. The van der Waals surface area contributed by atoms with Crippen LogP contribution in [-0.4, -0.2) is 48.4 Å². The van der Waals surface area contributed by atoms with Crippen LogP contribution in [0.1, 0.15) is 31.9 Å². The summed E-state index contributed by atoms with van der Waals surface area (Å²) in [6.07, 6.45) is 3.71. The molecule has 0 saturated carbocycles. The van der Waals surface area contributed by atoms with Gasteiger partial charge in [-0.2, -0.15) is 10.2 Å². The smallest absolute Gasteiger partial charge is 0.329 e. The Morgan fingerprint density at radius 1 is 1.30 bits per heavy atom. The van der Waals surface area contributed by atoms with Gasteiger partial charge >= 0.3 is 5.69 Å². The van der Waals surface area contributed by atoms with Crippen molar-refractivity contribution in [1.29, 1.82) is 0 Å². The number of likely N-dealkylation sites (tertiary alicyclic amines) is 1. The molecule has 0 bridgehead atoms. The number of aryl methyl sites for hydroxylation is 1. The Bertz CT molecular complexity index is 1120. The largest absolute Gasteiger partial charge is 0.340 e. The molecule has 1 aliphatic rings. The third-order valence-corrected chi connectivity index (χ3v) is 6.10. The second-order valence-electron chi connectivity index (χ2n) is 7.04. The molecule has 1 atom stereocenters. The molecule has 3 aromatic rings. The zero-order valence-electron chi connectivity index (χ0n) is 15.3. The number of aromatic amines is 1. The van der Waals surface area contributed by atoms with Gasteiger partial charge in [-0.3, -0.25) is 19.1 Å². The van der Waals surface area contributed by atoms with Crippen LogP contribution >= 0.6 is 11.3 Å². The number of fused-ring (bicyclic) bond motifs is 1. The van der Waals surface area contributed by atoms with Gasteiger partial charge in [0.2, 0.25) is 5.91 Å². The monoisotopic (exact) mass is 388 g/mol. The molecular weight excluding hydrogens is 368 g/mol. The lowest BCUT2D eigenvalue weighted by Crippen LogP contribution is -2.40. The van der Waals surface area contributed by atoms with E-state index >= 15 is 0 Å². The fraction of sp³-hybridized carbons (Fsp3) is 0.471. The van der Waals surface area contributed by atoms with Crippen molar-refractivity contribution >= 4 is 27.5 Å². The Kier molecular flexibility index (Phi) is 4.22. The lowest BCUT2D eigenvalue weighted by molar-refractivity contribution is -0.133. The number of thiophene rings is 1. The van der Waals surface area contributed by atoms with Crippen LogP contribution in [0.3, 0.4) is 0 Å². The number of nitrogens with zero attached hydrogens (tertiary/aromatic N) is 5. The molecule has 0 unspecified atom stereocenters. The highest BCUT2D eigenvalue weighted by Crippen LogP contribution is 2.29. The number of rotatable bonds is 3. The first-order chi connectivity index (χ1) is 12.9. The zero-order valence-corrected chi connectivity index (χ0v) is 16.1. The average Bonchev–Trinajstić information content (AvgIpc) is 3.34. The van der Waals surface area contributed by atoms with Crippen LogP contribution in [0.15, 0.2) is 22.0 Å². The molecular formula is C17H20N6O3S. The van der Waals surface area contributed by atoms with Crippen LogP contribution in [0.25, 0.3) is 15.2 Å². The van der Waals surface area contributed by atoms with E-state index in [1.807, 2.05) is 20.8 Å². The topological polar surface area (TPSA) is 106 Å². The van der Waals surface area contributed by atoms with Crippen molar-refractivity contribution in [3.63, 3.8) is 0 Å². The van der Waals surface area contributed by atoms with Crippen LogP contribution in [0.5, 0.6) is 0 Å². The molecule has 1 amide bonds. The molecule has 0 aliphatic carbocycles. The highest BCUT2D eigenvalue weighted by Gasteiger charge is 2.31. The highest BCUT2D eigenvalue weighted by atomic mass is 32.1. The van der Waals surface area contributed by atoms with Crippen LogP contribution in [0.4, 0.5) is 0 Å². The van der Waals surface area contributed by atoms with E-state index in [1.165, 1.54) is 20.7 Å². The van der Waals surface area contributed by atoms with Crippen molar-refractivity contribution in [3.8, 4) is 5.00 Å². The van der Waals surface area contributed by atoms with Crippen molar-refractivity contribution in [1.82, 2.24) is 29.4 Å². The lowest BCUT2D eigenvalue weighted by Gasteiger charge is -2.19. The number of carbonyl (C=O) groups excluding carboxylic acids is 1. The molecule has 1 saturated heterocycles. The van der Waals surface area contributed by atoms with Gasteiger partial charge in [-0.05, 0) is 13.3 Å². The summed E-state index contributed by atoms with van der Waals surface area (Å²) in [5.41, 5.74) is -0.0448. The maximum Gasteiger partial charge on any atom is 0.329 e. The van der Waals surface area contributed by atoms with Gasteiger partial charge in [0.1, 0.15) is 9.83 Å². The van der Waals surface area contributed by atoms with E-state index in [9.17, 15) is 14.4 Å². The van der Waals surface area contributed by atoms with Crippen LogP contribution in [0.2, 0.25) is 0 Å². The first-order valence-electron chi connectivity index (χ1n) is 8.82. The van der Waals surface area contributed by atoms with Gasteiger partial charge in [-0.25, -0.2) is 4.79 Å². The molecule has 1 fully saturated rings. The molecule has 1 N–H and O–H groups in total. The molecule has 4 heterocycles. The summed E-state index contributed by atoms with van der Waals surface area (Å²) >= 11 is 1.28. The number of hydrogen-bond donors (Lipinski definition) is 1. The highest BCUT2D eigenvalue weighted by molar-refractivity contribution is 7.21. The average molecular weight is 388 g/mol. The first-order valence-corrected chi connectivity index (χ1v) is 9.63. The molecule has 4 rings (SSSR count). The first kappa shape index (κ1) is 17.7. The zero-order chi connectivity index (χ0) is 19.3. The van der Waals surface area contributed by atoms with Gasteiger partial charge in [-0.15, -0.1) is 4.80 Å². The maximum atomic E-state index is 13.1. The summed E-state index contributed by atoms with van der Waals surface area (Å²) in [6, 6.07) is -0.320. The van der Waals surface area contributed by atoms with Gasteiger partial charge in [0, 0.05) is 24.6 Å². The summed E-state index contributed by atoms with van der Waals surface area (Å²) < 4.78 is 1.26. The summed E-state index contributed by atoms with van der Waals surface area (Å²) in [6.45, 7) is 6.45. The molecule has 3 aromatic heterocycles. The predicted molar refractivity (Wildman–Crippen MR) is 101 cm³/mol. The number of carbonyl (C=O) groups is 1. The third kappa shape index (κ3) is 2.80. The van der Waals surface area contributed by atoms with Crippen LogP contribution < -0.4 is 11.2 Å². The molecule has 1 aliphatic heterocycles. The van der Waals surface area contributed by atoms with Crippen molar-refractivity contribution < 1.29 is 4.79 Å². The van der Waals surface area contributed by atoms with E-state index in [0.717, 1.165) is 5.56 Å². The summed E-state index contributed by atoms with van der Waals surface area (Å²) in [4.78, 5) is 44.5. The lowest BCUT2D eigenvalue weighted by atomic mass is 10.2. The predicted octanol–water partition coefficient (Wildman–Crippen LogP) is 1.07. The maximum absolute atomic E-state index is 13.1. The molecule has 0 aromatic carbocycles. The summed E-state index contributed by atoms with van der Waals surface area (Å²) in [7, 11) is 0. The number of H-pyrrole nitrogens is 1. The Balaban J connectivity index is 1.79. The Morgan fingerprint density at radius 3 is 2.67 bits per heavy atom. The summed E-state index contributed by atoms with van der Waals surface area (Å²) in [5, 5.41) is 9.39. The Labute approximate surface area is 158 Å². The molecule has 0 spiro atoms. The van der Waals surface area contributed by atoms with Gasteiger partial charge in [0.25, 0.3) is 5.56 Å². The third-order valence-electron chi connectivity index (χ3n) is 4.93. The van der Waals surface area contributed by atoms with Crippen LogP contribution in [-0.2, 0) is 4.79 Å². The van der Waals surface area contributed by atoms with Gasteiger partial charge in [0.15, 0.2) is 0 Å². The Hall–Kier alpha value is -2.75. The SMILES string of the molecule is Cc1c(-n2nccn2)sc2[nH]c(=O)n([C@@H]3CCN(C(=O)C(C)C)C3)c(=O)c12. The second kappa shape index (κ2) is 6.45. The Morgan fingerprint density at radius 2 is 2.00 bits per heavy atom. The summed E-state index contributed by atoms with van der Waals surface area (Å²) in [5.74, 6) is -0.0636. The molecule has 142 valence electrons. The van der Waals surface area contributed by atoms with Gasteiger partial charge < -0.3 is 4.90 Å². The van der Waals surface area contributed by atoms with Crippen LogP contribution in [0, 0.1) is 12.8 Å². The standard InChI is InChI=1S/C17H20N6O3S/c1-9(2)14(24)21-7-4-11(8-21)22-15(25)12-10(3)16(23-18-5-6-19-23)27-13(12)20-17(22)26/h5-6,9,11H,4,7-8H2,1-3H3,(H,20,26)/t11-/m1/s1. The van der Waals surface area contributed by atoms with E-state index in [0.29, 0.717) is 34.7 Å². The van der Waals surface area contributed by atoms with Crippen molar-refractivity contribution in [2.24, 2.45) is 5.92 Å². The second-order valence-corrected chi connectivity index (χ2v) is 8.04. The van der Waals surface area contributed by atoms with E-state index in [-0.39, 0.29) is 23.4 Å². The van der Waals surface area contributed by atoms with Gasteiger partial charge in [0.05, 0.1) is 23.8 Å². The van der Waals surface area contributed by atoms with Gasteiger partial charge in [-0.1, -0.05) is 25.2 Å². The van der Waals surface area contributed by atoms with E-state index in [2.05, 4.69) is 15.2 Å². The van der Waals surface area contributed by atoms with E-state index < -0.39 is 5.69 Å². The van der Waals surface area contributed by atoms with Crippen molar-refractivity contribution in [2.75, 3.05) is 13.1 Å². The molecule has 27 heavy (non-hydrogen) atoms. The number of aromatic nitrogens is 5. The number of amides is 1. The molecule has 10 heteroatoms. The van der Waals surface area contributed by atoms with Crippen molar-refractivity contribution in [2.45, 2.75) is 33.2 Å².